The molecule has 0 saturated carbocycles. The number of nitrogens with two attached hydrogens (primary N) is 1. The first-order chi connectivity index (χ1) is 24.8. The molecule has 53 heavy (non-hydrogen) atoms. The van der Waals surface area contributed by atoms with Gasteiger partial charge in [-0.15, -0.1) is 0 Å². The number of aromatic hydroxyl groups is 3. The van der Waals surface area contributed by atoms with Crippen molar-refractivity contribution in [3.8, 4) is 17.2 Å². The SMILES string of the molecule is CC(N)(Cc1ccc(O)c(O)c1)C(=O)O.CCCCCC1C(=O)OC(C)C(NC(=O)c2cccc(NC=O)c2O)C(=O)OC(C)C1OC(=O)CC(C)C. The minimum Gasteiger partial charge on any atom is -0.505 e. The highest BCUT2D eigenvalue weighted by molar-refractivity contribution is 6.01. The van der Waals surface area contributed by atoms with Crippen LogP contribution in [0.4, 0.5) is 5.69 Å². The van der Waals surface area contributed by atoms with Gasteiger partial charge in [0.1, 0.15) is 17.7 Å². The monoisotopic (exact) mass is 745 g/mol. The Morgan fingerprint density at radius 3 is 2.25 bits per heavy atom. The maximum absolute atomic E-state index is 13.3. The number of hydrogen-bond donors (Lipinski definition) is 7. The van der Waals surface area contributed by atoms with Crippen LogP contribution in [-0.4, -0.2) is 86.5 Å². The van der Waals surface area contributed by atoms with Crippen LogP contribution in [0.3, 0.4) is 0 Å². The molecule has 2 aromatic rings. The highest BCUT2D eigenvalue weighted by atomic mass is 16.6. The van der Waals surface area contributed by atoms with Gasteiger partial charge in [0.15, 0.2) is 29.4 Å². The number of carboxylic acid groups (broad SMARTS) is 1. The number of carboxylic acids is 1. The summed E-state index contributed by atoms with van der Waals surface area (Å²) in [7, 11) is 0. The van der Waals surface area contributed by atoms with Crippen molar-refractivity contribution >= 4 is 41.9 Å². The Morgan fingerprint density at radius 1 is 1.00 bits per heavy atom. The second kappa shape index (κ2) is 20.0. The third-order valence-electron chi connectivity index (χ3n) is 8.33. The molecule has 6 unspecified atom stereocenters. The van der Waals surface area contributed by atoms with Crippen molar-refractivity contribution in [1.82, 2.24) is 5.32 Å². The van der Waals surface area contributed by atoms with Crippen LogP contribution in [0.15, 0.2) is 36.4 Å². The van der Waals surface area contributed by atoms with Gasteiger partial charge >= 0.3 is 23.9 Å². The number of para-hydroxylation sites is 1. The number of phenolic OH excluding ortho intramolecular Hbond substituents is 3. The number of carbonyl (C=O) groups excluding carboxylic acids is 5. The molecule has 0 aromatic heterocycles. The molecule has 0 spiro atoms. The minimum absolute atomic E-state index is 0.00114. The molecule has 0 aliphatic carbocycles. The first-order valence-electron chi connectivity index (χ1n) is 17.3. The van der Waals surface area contributed by atoms with Crippen molar-refractivity contribution in [2.24, 2.45) is 17.6 Å². The lowest BCUT2D eigenvalue weighted by Crippen LogP contribution is -2.50. The van der Waals surface area contributed by atoms with E-state index in [0.717, 1.165) is 12.8 Å². The molecule has 8 N–H and O–H groups in total. The Balaban J connectivity index is 0.000000539. The van der Waals surface area contributed by atoms with Crippen LogP contribution < -0.4 is 16.4 Å². The number of amides is 2. The van der Waals surface area contributed by atoms with E-state index >= 15 is 0 Å². The molecule has 3 rings (SSSR count). The van der Waals surface area contributed by atoms with Crippen LogP contribution in [0, 0.1) is 11.8 Å². The fourth-order valence-corrected chi connectivity index (χ4v) is 5.40. The number of anilines is 1. The average Bonchev–Trinajstić information content (AvgIpc) is 3.09. The lowest BCUT2D eigenvalue weighted by atomic mass is 9.92. The number of nitrogens with one attached hydrogen (secondary N) is 2. The molecule has 6 atom stereocenters. The van der Waals surface area contributed by atoms with Crippen LogP contribution in [-0.2, 0) is 44.6 Å². The summed E-state index contributed by atoms with van der Waals surface area (Å²) in [6.45, 7) is 10.1. The topological polar surface area (TPSA) is 261 Å². The summed E-state index contributed by atoms with van der Waals surface area (Å²) in [4.78, 5) is 73.5. The van der Waals surface area contributed by atoms with Gasteiger partial charge in [-0.1, -0.05) is 52.2 Å². The van der Waals surface area contributed by atoms with E-state index in [9.17, 15) is 39.0 Å². The fraction of sp³-hybridized carbons (Fsp3) is 0.514. The Morgan fingerprint density at radius 2 is 1.66 bits per heavy atom. The molecule has 1 heterocycles. The van der Waals surface area contributed by atoms with Crippen molar-refractivity contribution in [2.75, 3.05) is 5.32 Å². The van der Waals surface area contributed by atoms with Gasteiger partial charge in [-0.05, 0) is 62.9 Å². The van der Waals surface area contributed by atoms with Crippen LogP contribution >= 0.6 is 0 Å². The van der Waals surface area contributed by atoms with Crippen molar-refractivity contribution in [3.63, 3.8) is 0 Å². The van der Waals surface area contributed by atoms with E-state index in [1.165, 1.54) is 57.2 Å². The molecular weight excluding hydrogens is 694 g/mol. The van der Waals surface area contributed by atoms with Gasteiger partial charge in [0, 0.05) is 12.8 Å². The zero-order chi connectivity index (χ0) is 40.0. The zero-order valence-corrected chi connectivity index (χ0v) is 30.8. The molecule has 2 aromatic carbocycles. The number of aliphatic carboxylic acids is 1. The summed E-state index contributed by atoms with van der Waals surface area (Å²) in [5.41, 5.74) is 4.49. The Kier molecular flexibility index (Phi) is 16.5. The predicted molar refractivity (Wildman–Crippen MR) is 191 cm³/mol. The number of hydrogen-bond acceptors (Lipinski definition) is 13. The number of carbonyl (C=O) groups is 6. The average molecular weight is 746 g/mol. The molecule has 1 fully saturated rings. The fourth-order valence-electron chi connectivity index (χ4n) is 5.40. The summed E-state index contributed by atoms with van der Waals surface area (Å²) in [6.07, 6.45) is 0.143. The maximum atomic E-state index is 13.3. The molecule has 16 nitrogen and oxygen atoms in total. The summed E-state index contributed by atoms with van der Waals surface area (Å²) >= 11 is 0. The number of phenols is 3. The first-order valence-corrected chi connectivity index (χ1v) is 17.3. The van der Waals surface area contributed by atoms with Gasteiger partial charge in [-0.25, -0.2) is 4.79 Å². The lowest BCUT2D eigenvalue weighted by molar-refractivity contribution is -0.175. The molecule has 0 bridgehead atoms. The van der Waals surface area contributed by atoms with Crippen LogP contribution in [0.25, 0.3) is 0 Å². The van der Waals surface area contributed by atoms with Crippen molar-refractivity contribution in [3.05, 3.63) is 47.5 Å². The van der Waals surface area contributed by atoms with Gasteiger partial charge < -0.3 is 51.0 Å². The lowest BCUT2D eigenvalue weighted by Gasteiger charge is -2.29. The molecule has 1 saturated heterocycles. The highest BCUT2D eigenvalue weighted by Crippen LogP contribution is 2.30. The van der Waals surface area contributed by atoms with E-state index in [4.69, 9.17) is 30.2 Å². The largest absolute Gasteiger partial charge is 0.505 e. The summed E-state index contributed by atoms with van der Waals surface area (Å²) in [5, 5.41) is 42.1. The number of rotatable bonds is 14. The summed E-state index contributed by atoms with van der Waals surface area (Å²) < 4.78 is 16.9. The minimum atomic E-state index is -1.42. The Bertz CT molecular complexity index is 1610. The van der Waals surface area contributed by atoms with E-state index in [1.54, 1.807) is 0 Å². The molecule has 1 aliphatic heterocycles. The van der Waals surface area contributed by atoms with Gasteiger partial charge in [0.25, 0.3) is 5.91 Å². The van der Waals surface area contributed by atoms with Crippen molar-refractivity contribution < 1.29 is 63.4 Å². The van der Waals surface area contributed by atoms with Gasteiger partial charge in [0.05, 0.1) is 17.2 Å². The number of benzene rings is 2. The van der Waals surface area contributed by atoms with Crippen LogP contribution in [0.2, 0.25) is 0 Å². The Hall–Kier alpha value is -5.38. The van der Waals surface area contributed by atoms with E-state index in [-0.39, 0.29) is 41.5 Å². The molecular formula is C37H51N3O13. The maximum Gasteiger partial charge on any atom is 0.332 e. The quantitative estimate of drug-likeness (QED) is 0.0480. The molecule has 2 amide bonds. The number of unbranched alkanes of at least 4 members (excludes halogenated alkanes) is 2. The number of ether oxygens (including phenoxy) is 3. The van der Waals surface area contributed by atoms with Crippen molar-refractivity contribution in [1.29, 1.82) is 0 Å². The number of cyclic esters (lactones) is 2. The normalized spacial score (nSPS) is 21.2. The molecule has 292 valence electrons. The second-order valence-corrected chi connectivity index (χ2v) is 13.6. The predicted octanol–water partition coefficient (Wildman–Crippen LogP) is 3.53. The summed E-state index contributed by atoms with van der Waals surface area (Å²) in [6, 6.07) is 6.81. The van der Waals surface area contributed by atoms with Gasteiger partial charge in [-0.3, -0.25) is 24.0 Å². The molecule has 16 heteroatoms. The van der Waals surface area contributed by atoms with E-state index in [0.29, 0.717) is 24.8 Å². The van der Waals surface area contributed by atoms with Crippen LogP contribution in [0.5, 0.6) is 17.2 Å². The second-order valence-electron chi connectivity index (χ2n) is 13.6. The van der Waals surface area contributed by atoms with E-state index < -0.39 is 71.3 Å². The molecule has 0 radical (unpaired) electrons. The smallest absolute Gasteiger partial charge is 0.332 e. The summed E-state index contributed by atoms with van der Waals surface area (Å²) in [5.74, 6) is -5.92. The molecule has 1 aliphatic rings. The third-order valence-corrected chi connectivity index (χ3v) is 8.33. The Labute approximate surface area is 308 Å². The van der Waals surface area contributed by atoms with E-state index in [1.807, 2.05) is 20.8 Å². The van der Waals surface area contributed by atoms with Crippen molar-refractivity contribution in [2.45, 2.75) is 110 Å². The number of esters is 3. The first kappa shape index (κ1) is 43.8. The zero-order valence-electron chi connectivity index (χ0n) is 30.8. The van der Waals surface area contributed by atoms with E-state index in [2.05, 4.69) is 10.6 Å². The third kappa shape index (κ3) is 13.0. The van der Waals surface area contributed by atoms with Gasteiger partial charge in [0.2, 0.25) is 6.41 Å². The highest BCUT2D eigenvalue weighted by Gasteiger charge is 2.44. The van der Waals surface area contributed by atoms with Crippen LogP contribution in [0.1, 0.15) is 89.6 Å². The van der Waals surface area contributed by atoms with Gasteiger partial charge in [-0.2, -0.15) is 0 Å². The standard InChI is InChI=1S/C27H38N2O9.C10H13NO4/c1-6-7-8-10-19-24(38-21(31)13-15(2)3)17(5)37-27(35)22(16(4)36-26(19)34)29-25(33)18-11-9-12-20(23(18)32)28-14-30;1-10(11,9(14)15)5-6-2-3-7(12)8(13)4-6/h9,11-12,14-17,19,22,24,32H,6-8,10,13H2,1-5H3,(H,28,30)(H,29,33);2-4,12-13H,5,11H2,1H3,(H,14,15).